The number of rotatable bonds is 4. The number of nitriles is 1. The molecule has 1 aromatic rings. The van der Waals surface area contributed by atoms with Crippen molar-refractivity contribution in [2.45, 2.75) is 17.9 Å². The molecule has 2 N–H and O–H groups in total. The summed E-state index contributed by atoms with van der Waals surface area (Å²) in [6, 6.07) is 8.14. The van der Waals surface area contributed by atoms with Crippen LogP contribution in [0.3, 0.4) is 0 Å². The van der Waals surface area contributed by atoms with Gasteiger partial charge in [0, 0.05) is 24.4 Å². The van der Waals surface area contributed by atoms with Crippen molar-refractivity contribution in [2.24, 2.45) is 0 Å². The number of benzene rings is 1. The summed E-state index contributed by atoms with van der Waals surface area (Å²) in [5.74, 6) is 0.546. The molecule has 2 rings (SSSR count). The Morgan fingerprint density at radius 3 is 3.24 bits per heavy atom. The summed E-state index contributed by atoms with van der Waals surface area (Å²) in [4.78, 5) is 12.4. The van der Waals surface area contributed by atoms with E-state index in [1.165, 1.54) is 0 Å². The maximum atomic E-state index is 11.3. The molecule has 0 radical (unpaired) electrons. The van der Waals surface area contributed by atoms with Crippen LogP contribution < -0.4 is 10.6 Å². The number of hydrogen-bond acceptors (Lipinski definition) is 4. The Kier molecular flexibility index (Phi) is 4.02. The number of nitrogens with one attached hydrogen (secondary N) is 2. The Balaban J connectivity index is 1.98. The largest absolute Gasteiger partial charge is 0.324 e. The molecule has 5 heteroatoms. The second kappa shape index (κ2) is 5.71. The minimum Gasteiger partial charge on any atom is -0.324 e. The minimum atomic E-state index is 0.0529. The van der Waals surface area contributed by atoms with Gasteiger partial charge in [0.25, 0.3) is 0 Å². The lowest BCUT2D eigenvalue weighted by Crippen LogP contribution is -2.19. The van der Waals surface area contributed by atoms with E-state index in [-0.39, 0.29) is 5.91 Å². The van der Waals surface area contributed by atoms with Crippen LogP contribution in [0.15, 0.2) is 23.1 Å². The van der Waals surface area contributed by atoms with E-state index in [0.717, 1.165) is 22.7 Å². The van der Waals surface area contributed by atoms with E-state index < -0.39 is 0 Å². The molecule has 88 valence electrons. The third-order valence-electron chi connectivity index (χ3n) is 2.42. The summed E-state index contributed by atoms with van der Waals surface area (Å²) < 4.78 is 0. The number of carbonyl (C=O) groups is 1. The third-order valence-corrected chi connectivity index (χ3v) is 3.49. The molecule has 4 nitrogen and oxygen atoms in total. The molecule has 0 spiro atoms. The Labute approximate surface area is 104 Å². The van der Waals surface area contributed by atoms with E-state index in [9.17, 15) is 4.79 Å². The lowest BCUT2D eigenvalue weighted by atomic mass is 10.2. The van der Waals surface area contributed by atoms with Crippen molar-refractivity contribution in [1.29, 1.82) is 5.26 Å². The van der Waals surface area contributed by atoms with E-state index in [1.54, 1.807) is 11.8 Å². The molecule has 0 atom stereocenters. The molecule has 0 bridgehead atoms. The SMILES string of the molecule is N#CCCNCc1ccc2c(c1)NC(=O)CS2. The van der Waals surface area contributed by atoms with Crippen LogP contribution in [0.2, 0.25) is 0 Å². The highest BCUT2D eigenvalue weighted by Gasteiger charge is 2.14. The number of carbonyl (C=O) groups excluding carboxylic acids is 1. The predicted molar refractivity (Wildman–Crippen MR) is 67.7 cm³/mol. The van der Waals surface area contributed by atoms with Crippen molar-refractivity contribution in [3.63, 3.8) is 0 Å². The number of hydrogen-bond donors (Lipinski definition) is 2. The van der Waals surface area contributed by atoms with Crippen LogP contribution in [0.5, 0.6) is 0 Å². The van der Waals surface area contributed by atoms with E-state index in [4.69, 9.17) is 5.26 Å². The quantitative estimate of drug-likeness (QED) is 0.795. The zero-order chi connectivity index (χ0) is 12.1. The maximum absolute atomic E-state index is 11.3. The fourth-order valence-corrected chi connectivity index (χ4v) is 2.41. The van der Waals surface area contributed by atoms with E-state index in [1.807, 2.05) is 18.2 Å². The van der Waals surface area contributed by atoms with Crippen LogP contribution in [0, 0.1) is 11.3 Å². The van der Waals surface area contributed by atoms with Crippen LogP contribution in [0.4, 0.5) is 5.69 Å². The number of anilines is 1. The maximum Gasteiger partial charge on any atom is 0.234 e. The highest BCUT2D eigenvalue weighted by atomic mass is 32.2. The number of nitrogens with zero attached hydrogens (tertiary/aromatic N) is 1. The topological polar surface area (TPSA) is 64.9 Å². The summed E-state index contributed by atoms with van der Waals surface area (Å²) in [5, 5.41) is 14.5. The second-order valence-corrected chi connectivity index (χ2v) is 4.77. The van der Waals surface area contributed by atoms with E-state index >= 15 is 0 Å². The summed E-state index contributed by atoms with van der Waals surface area (Å²) in [7, 11) is 0. The molecule has 0 unspecified atom stereocenters. The predicted octanol–water partition coefficient (Wildman–Crippen LogP) is 1.73. The number of thioether (sulfide) groups is 1. The van der Waals surface area contributed by atoms with Crippen LogP contribution in [0.1, 0.15) is 12.0 Å². The fraction of sp³-hybridized carbons (Fsp3) is 0.333. The molecule has 0 saturated carbocycles. The van der Waals surface area contributed by atoms with Crippen LogP contribution in [0.25, 0.3) is 0 Å². The standard InChI is InChI=1S/C12H13N3OS/c13-4-1-5-14-7-9-2-3-11-10(6-9)15-12(16)8-17-11/h2-3,6,14H,1,5,7-8H2,(H,15,16). The van der Waals surface area contributed by atoms with Gasteiger partial charge in [-0.2, -0.15) is 5.26 Å². The Bertz CT molecular complexity index is 467. The van der Waals surface area contributed by atoms with Gasteiger partial charge in [-0.05, 0) is 17.7 Å². The molecule has 1 aromatic carbocycles. The van der Waals surface area contributed by atoms with Gasteiger partial charge in [-0.3, -0.25) is 4.79 Å². The summed E-state index contributed by atoms with van der Waals surface area (Å²) in [6.07, 6.45) is 0.511. The minimum absolute atomic E-state index is 0.0529. The van der Waals surface area contributed by atoms with E-state index in [2.05, 4.69) is 16.7 Å². The Morgan fingerprint density at radius 2 is 2.41 bits per heavy atom. The van der Waals surface area contributed by atoms with Crippen LogP contribution in [-0.4, -0.2) is 18.2 Å². The molecule has 0 saturated heterocycles. The van der Waals surface area contributed by atoms with Crippen molar-refractivity contribution in [3.05, 3.63) is 23.8 Å². The van der Waals surface area contributed by atoms with Crippen molar-refractivity contribution < 1.29 is 4.79 Å². The van der Waals surface area contributed by atoms with Gasteiger partial charge in [0.1, 0.15) is 0 Å². The van der Waals surface area contributed by atoms with Gasteiger partial charge in [0.05, 0.1) is 17.5 Å². The zero-order valence-electron chi connectivity index (χ0n) is 9.32. The molecule has 0 aromatic heterocycles. The highest BCUT2D eigenvalue weighted by molar-refractivity contribution is 8.00. The van der Waals surface area contributed by atoms with Gasteiger partial charge in [0.2, 0.25) is 5.91 Å². The van der Waals surface area contributed by atoms with Gasteiger partial charge >= 0.3 is 0 Å². The second-order valence-electron chi connectivity index (χ2n) is 3.75. The number of fused-ring (bicyclic) bond motifs is 1. The molecule has 1 aliphatic heterocycles. The molecule has 1 aliphatic rings. The third kappa shape index (κ3) is 3.22. The van der Waals surface area contributed by atoms with Crippen molar-refractivity contribution in [2.75, 3.05) is 17.6 Å². The summed E-state index contributed by atoms with van der Waals surface area (Å²) >= 11 is 1.56. The fourth-order valence-electron chi connectivity index (χ4n) is 1.62. The monoisotopic (exact) mass is 247 g/mol. The van der Waals surface area contributed by atoms with Gasteiger partial charge in [0.15, 0.2) is 0 Å². The first-order valence-electron chi connectivity index (χ1n) is 5.43. The van der Waals surface area contributed by atoms with Gasteiger partial charge < -0.3 is 10.6 Å². The van der Waals surface area contributed by atoms with Crippen molar-refractivity contribution in [1.82, 2.24) is 5.32 Å². The van der Waals surface area contributed by atoms with Gasteiger partial charge in [-0.15, -0.1) is 11.8 Å². The first-order chi connectivity index (χ1) is 8.29. The lowest BCUT2D eigenvalue weighted by molar-refractivity contribution is -0.113. The molecule has 0 fully saturated rings. The van der Waals surface area contributed by atoms with Crippen molar-refractivity contribution >= 4 is 23.4 Å². The number of amides is 1. The molecule has 17 heavy (non-hydrogen) atoms. The van der Waals surface area contributed by atoms with Gasteiger partial charge in [-0.1, -0.05) is 6.07 Å². The average Bonchev–Trinajstić information content (AvgIpc) is 2.34. The van der Waals surface area contributed by atoms with Crippen molar-refractivity contribution in [3.8, 4) is 6.07 Å². The Hall–Kier alpha value is -1.51. The molecule has 1 heterocycles. The smallest absolute Gasteiger partial charge is 0.234 e. The first-order valence-corrected chi connectivity index (χ1v) is 6.41. The lowest BCUT2D eigenvalue weighted by Gasteiger charge is -2.17. The molecular formula is C12H13N3OS. The molecule has 1 amide bonds. The summed E-state index contributed by atoms with van der Waals surface area (Å²) in [5.41, 5.74) is 2.01. The average molecular weight is 247 g/mol. The Morgan fingerprint density at radius 1 is 1.53 bits per heavy atom. The van der Waals surface area contributed by atoms with Crippen LogP contribution in [-0.2, 0) is 11.3 Å². The zero-order valence-corrected chi connectivity index (χ0v) is 10.1. The van der Waals surface area contributed by atoms with Gasteiger partial charge in [-0.25, -0.2) is 0 Å². The molecular weight excluding hydrogens is 234 g/mol. The summed E-state index contributed by atoms with van der Waals surface area (Å²) in [6.45, 7) is 1.41. The van der Waals surface area contributed by atoms with Crippen LogP contribution >= 0.6 is 11.8 Å². The van der Waals surface area contributed by atoms with E-state index in [0.29, 0.717) is 18.7 Å². The first kappa shape index (κ1) is 12.0. The molecule has 0 aliphatic carbocycles. The normalized spacial score (nSPS) is 13.7. The highest BCUT2D eigenvalue weighted by Crippen LogP contribution is 2.31.